The van der Waals surface area contributed by atoms with Crippen LogP contribution in [0, 0.1) is 20.8 Å². The van der Waals surface area contributed by atoms with Crippen LogP contribution in [0.15, 0.2) is 72.8 Å². The number of allylic oxidation sites excluding steroid dienone is 1. The van der Waals surface area contributed by atoms with E-state index in [9.17, 15) is 0 Å². The zero-order chi connectivity index (χ0) is 17.8. The molecule has 3 rings (SSSR count). The van der Waals surface area contributed by atoms with E-state index >= 15 is 0 Å². The number of hydrogen-bond donors (Lipinski definition) is 1. The number of nitrogen functional groups attached to an aromatic ring is 1. The Morgan fingerprint density at radius 2 is 1.48 bits per heavy atom. The van der Waals surface area contributed by atoms with Gasteiger partial charge in [-0.15, -0.1) is 0 Å². The van der Waals surface area contributed by atoms with Gasteiger partial charge in [-0.05, 0) is 67.2 Å². The summed E-state index contributed by atoms with van der Waals surface area (Å²) in [5.41, 5.74) is 15.9. The summed E-state index contributed by atoms with van der Waals surface area (Å²) in [6.45, 7) is 6.43. The van der Waals surface area contributed by atoms with Crippen molar-refractivity contribution in [3.05, 3.63) is 106 Å². The first-order valence-electron chi connectivity index (χ1n) is 8.73. The highest BCUT2D eigenvalue weighted by molar-refractivity contribution is 5.87. The molecule has 0 atom stereocenters. The van der Waals surface area contributed by atoms with E-state index in [4.69, 9.17) is 5.73 Å². The molecule has 0 amide bonds. The van der Waals surface area contributed by atoms with Crippen molar-refractivity contribution in [1.82, 2.24) is 0 Å². The van der Waals surface area contributed by atoms with E-state index < -0.39 is 0 Å². The Labute approximate surface area is 150 Å². The number of anilines is 1. The maximum absolute atomic E-state index is 6.34. The van der Waals surface area contributed by atoms with Gasteiger partial charge < -0.3 is 5.73 Å². The molecular weight excluding hydrogens is 302 g/mol. The molecule has 0 radical (unpaired) electrons. The van der Waals surface area contributed by atoms with Gasteiger partial charge in [0.2, 0.25) is 0 Å². The maximum atomic E-state index is 6.34. The second-order valence-electron chi connectivity index (χ2n) is 6.65. The quantitative estimate of drug-likeness (QED) is 0.596. The average Bonchev–Trinajstić information content (AvgIpc) is 2.61. The largest absolute Gasteiger partial charge is 0.398 e. The van der Waals surface area contributed by atoms with Crippen LogP contribution in [0.3, 0.4) is 0 Å². The number of hydrogen-bond acceptors (Lipinski definition) is 1. The van der Waals surface area contributed by atoms with Crippen molar-refractivity contribution in [1.29, 1.82) is 0 Å². The predicted octanol–water partition coefficient (Wildman–Crippen LogP) is 5.87. The minimum absolute atomic E-state index is 0.824. The molecule has 0 aromatic heterocycles. The van der Waals surface area contributed by atoms with Crippen molar-refractivity contribution < 1.29 is 0 Å². The fourth-order valence-electron chi connectivity index (χ4n) is 3.19. The summed E-state index contributed by atoms with van der Waals surface area (Å²) in [5.74, 6) is 0. The van der Waals surface area contributed by atoms with Crippen LogP contribution < -0.4 is 5.73 Å². The van der Waals surface area contributed by atoms with Crippen LogP contribution in [0.1, 0.15) is 33.4 Å². The monoisotopic (exact) mass is 327 g/mol. The molecule has 25 heavy (non-hydrogen) atoms. The molecule has 0 unspecified atom stereocenters. The fourth-order valence-corrected chi connectivity index (χ4v) is 3.19. The summed E-state index contributed by atoms with van der Waals surface area (Å²) >= 11 is 0. The third kappa shape index (κ3) is 3.83. The van der Waals surface area contributed by atoms with Crippen molar-refractivity contribution in [2.75, 3.05) is 5.73 Å². The highest BCUT2D eigenvalue weighted by atomic mass is 14.6. The lowest BCUT2D eigenvalue weighted by molar-refractivity contribution is 1.21. The van der Waals surface area contributed by atoms with E-state index in [0.29, 0.717) is 0 Å². The van der Waals surface area contributed by atoms with E-state index in [1.54, 1.807) is 0 Å². The van der Waals surface area contributed by atoms with Gasteiger partial charge in [0.1, 0.15) is 0 Å². The van der Waals surface area contributed by atoms with Gasteiger partial charge >= 0.3 is 0 Å². The van der Waals surface area contributed by atoms with Gasteiger partial charge in [0.25, 0.3) is 0 Å². The highest BCUT2D eigenvalue weighted by Crippen LogP contribution is 2.31. The van der Waals surface area contributed by atoms with E-state index in [0.717, 1.165) is 17.7 Å². The second kappa shape index (κ2) is 7.40. The number of benzene rings is 3. The van der Waals surface area contributed by atoms with Crippen molar-refractivity contribution in [2.24, 2.45) is 0 Å². The van der Waals surface area contributed by atoms with E-state index in [2.05, 4.69) is 87.5 Å². The first-order valence-corrected chi connectivity index (χ1v) is 8.73. The lowest BCUT2D eigenvalue weighted by Gasteiger charge is -2.15. The molecule has 0 aliphatic heterocycles. The summed E-state index contributed by atoms with van der Waals surface area (Å²) in [4.78, 5) is 0. The molecule has 0 bridgehead atoms. The van der Waals surface area contributed by atoms with Gasteiger partial charge in [-0.3, -0.25) is 0 Å². The Kier molecular flexibility index (Phi) is 5.04. The molecule has 0 fully saturated rings. The van der Waals surface area contributed by atoms with Gasteiger partial charge in [-0.1, -0.05) is 66.2 Å². The van der Waals surface area contributed by atoms with Crippen LogP contribution in [-0.2, 0) is 6.42 Å². The lowest BCUT2D eigenvalue weighted by Crippen LogP contribution is -1.99. The zero-order valence-corrected chi connectivity index (χ0v) is 15.2. The summed E-state index contributed by atoms with van der Waals surface area (Å²) in [6.07, 6.45) is 3.21. The molecule has 1 nitrogen and oxygen atoms in total. The van der Waals surface area contributed by atoms with Crippen LogP contribution in [0.25, 0.3) is 5.57 Å². The minimum Gasteiger partial charge on any atom is -0.398 e. The molecule has 0 aliphatic carbocycles. The van der Waals surface area contributed by atoms with Crippen LogP contribution in [0.4, 0.5) is 5.69 Å². The van der Waals surface area contributed by atoms with Crippen LogP contribution in [0.2, 0.25) is 0 Å². The average molecular weight is 327 g/mol. The standard InChI is InChI=1S/C24H25N/c1-17-12-15-24(25)23(16-17)22(21-11-7-5-9-19(21)3)14-13-20-10-6-4-8-18(20)2/h4-12,14-16H,13,25H2,1-3H3. The van der Waals surface area contributed by atoms with E-state index in [1.807, 2.05) is 6.07 Å². The van der Waals surface area contributed by atoms with Crippen LogP contribution in [-0.4, -0.2) is 0 Å². The molecule has 126 valence electrons. The maximum Gasteiger partial charge on any atom is 0.0394 e. The number of aryl methyl sites for hydroxylation is 3. The molecule has 0 spiro atoms. The van der Waals surface area contributed by atoms with E-state index in [-0.39, 0.29) is 0 Å². The Balaban J connectivity index is 2.12. The summed E-state index contributed by atoms with van der Waals surface area (Å²) in [6, 6.07) is 23.3. The topological polar surface area (TPSA) is 26.0 Å². The Hall–Kier alpha value is -2.80. The molecule has 3 aromatic carbocycles. The third-order valence-electron chi connectivity index (χ3n) is 4.72. The molecule has 1 heteroatoms. The fraction of sp³-hybridized carbons (Fsp3) is 0.167. The smallest absolute Gasteiger partial charge is 0.0394 e. The van der Waals surface area contributed by atoms with Gasteiger partial charge in [0.05, 0.1) is 0 Å². The first kappa shape index (κ1) is 17.0. The van der Waals surface area contributed by atoms with Gasteiger partial charge in [0.15, 0.2) is 0 Å². The van der Waals surface area contributed by atoms with Crippen LogP contribution in [0.5, 0.6) is 0 Å². The molecule has 0 saturated carbocycles. The van der Waals surface area contributed by atoms with Crippen LogP contribution >= 0.6 is 0 Å². The molecule has 2 N–H and O–H groups in total. The second-order valence-corrected chi connectivity index (χ2v) is 6.65. The minimum atomic E-state index is 0.824. The van der Waals surface area contributed by atoms with Crippen molar-refractivity contribution in [2.45, 2.75) is 27.2 Å². The van der Waals surface area contributed by atoms with Crippen molar-refractivity contribution in [3.63, 3.8) is 0 Å². The highest BCUT2D eigenvalue weighted by Gasteiger charge is 2.11. The van der Waals surface area contributed by atoms with Crippen molar-refractivity contribution >= 4 is 11.3 Å². The zero-order valence-electron chi connectivity index (χ0n) is 15.2. The Bertz CT molecular complexity index is 919. The van der Waals surface area contributed by atoms with Gasteiger partial charge in [-0.2, -0.15) is 0 Å². The summed E-state index contributed by atoms with van der Waals surface area (Å²) in [5, 5.41) is 0. The van der Waals surface area contributed by atoms with Gasteiger partial charge in [-0.25, -0.2) is 0 Å². The summed E-state index contributed by atoms with van der Waals surface area (Å²) in [7, 11) is 0. The van der Waals surface area contributed by atoms with Crippen molar-refractivity contribution in [3.8, 4) is 0 Å². The van der Waals surface area contributed by atoms with Gasteiger partial charge in [0, 0.05) is 11.3 Å². The number of rotatable bonds is 4. The molecule has 0 heterocycles. The molecule has 0 aliphatic rings. The Morgan fingerprint density at radius 1 is 0.800 bits per heavy atom. The summed E-state index contributed by atoms with van der Waals surface area (Å²) < 4.78 is 0. The third-order valence-corrected chi connectivity index (χ3v) is 4.72. The lowest BCUT2D eigenvalue weighted by atomic mass is 9.90. The SMILES string of the molecule is Cc1ccc(N)c(C(=CCc2ccccc2C)c2ccccc2C)c1. The Morgan fingerprint density at radius 3 is 2.20 bits per heavy atom. The first-order chi connectivity index (χ1) is 12.1. The molecular formula is C24H25N. The molecule has 3 aromatic rings. The number of nitrogens with two attached hydrogens (primary N) is 1. The predicted molar refractivity (Wildman–Crippen MR) is 109 cm³/mol. The normalized spacial score (nSPS) is 11.6. The molecule has 0 saturated heterocycles. The van der Waals surface area contributed by atoms with E-state index in [1.165, 1.54) is 33.4 Å².